The van der Waals surface area contributed by atoms with E-state index in [4.69, 9.17) is 4.74 Å². The fourth-order valence-corrected chi connectivity index (χ4v) is 3.20. The Labute approximate surface area is 147 Å². The van der Waals surface area contributed by atoms with Crippen molar-refractivity contribution in [3.8, 4) is 11.4 Å². The zero-order valence-electron chi connectivity index (χ0n) is 13.8. The molecule has 9 heteroatoms. The normalized spacial score (nSPS) is 11.0. The number of carbonyl (C=O) groups is 2. The van der Waals surface area contributed by atoms with Gasteiger partial charge in [-0.2, -0.15) is 4.68 Å². The Morgan fingerprint density at radius 3 is 2.64 bits per heavy atom. The first-order chi connectivity index (χ1) is 12.0. The monoisotopic (exact) mass is 357 g/mol. The molecule has 3 aromatic rings. The van der Waals surface area contributed by atoms with Crippen LogP contribution >= 0.6 is 11.8 Å². The minimum absolute atomic E-state index is 0.232. The van der Waals surface area contributed by atoms with Gasteiger partial charge in [-0.15, -0.1) is 5.10 Å². The third-order valence-corrected chi connectivity index (χ3v) is 4.89. The molecule has 0 aliphatic heterocycles. The molecule has 0 atom stereocenters. The third kappa shape index (κ3) is 3.36. The molecule has 2 aromatic heterocycles. The third-order valence-electron chi connectivity index (χ3n) is 3.47. The van der Waals surface area contributed by atoms with Gasteiger partial charge in [0.2, 0.25) is 0 Å². The van der Waals surface area contributed by atoms with Crippen molar-refractivity contribution < 1.29 is 14.3 Å². The lowest BCUT2D eigenvalue weighted by atomic mass is 10.2. The molecule has 0 saturated heterocycles. The number of Topliss-reactive ketones (excluding diaryl/α,β-unsaturated/α-hetero) is 2. The average molecular weight is 357 g/mol. The molecule has 0 aliphatic rings. The molecule has 0 unspecified atom stereocenters. The van der Waals surface area contributed by atoms with Crippen LogP contribution in [-0.4, -0.2) is 48.9 Å². The smallest absolute Gasteiger partial charge is 0.187 e. The Balaban J connectivity index is 2.05. The van der Waals surface area contributed by atoms with Gasteiger partial charge in [-0.3, -0.25) is 9.59 Å². The number of ketones is 2. The summed E-state index contributed by atoms with van der Waals surface area (Å²) >= 11 is 1.06. The lowest BCUT2D eigenvalue weighted by molar-refractivity contribution is -0.123. The number of ether oxygens (including phenoxy) is 1. The quantitative estimate of drug-likeness (QED) is 0.374. The molecule has 0 N–H and O–H groups in total. The van der Waals surface area contributed by atoms with E-state index >= 15 is 0 Å². The van der Waals surface area contributed by atoms with E-state index in [1.54, 1.807) is 17.9 Å². The summed E-state index contributed by atoms with van der Waals surface area (Å²) in [5, 5.41) is 7.87. The van der Waals surface area contributed by atoms with Gasteiger partial charge >= 0.3 is 0 Å². The van der Waals surface area contributed by atoms with E-state index in [0.29, 0.717) is 21.9 Å². The molecule has 1 aromatic carbocycles. The Bertz CT molecular complexity index is 942. The summed E-state index contributed by atoms with van der Waals surface area (Å²) in [6.45, 7) is 2.76. The van der Waals surface area contributed by atoms with Gasteiger partial charge in [0, 0.05) is 6.07 Å². The molecule has 128 valence electrons. The lowest BCUT2D eigenvalue weighted by Crippen LogP contribution is -2.22. The number of hydrogen-bond acceptors (Lipinski definition) is 8. The first-order valence-corrected chi connectivity index (χ1v) is 8.27. The summed E-state index contributed by atoms with van der Waals surface area (Å²) < 4.78 is 6.78. The van der Waals surface area contributed by atoms with Gasteiger partial charge in [0.25, 0.3) is 0 Å². The molecule has 2 heterocycles. The Morgan fingerprint density at radius 1 is 1.20 bits per heavy atom. The Hall–Kier alpha value is -2.81. The van der Waals surface area contributed by atoms with Gasteiger partial charge < -0.3 is 4.74 Å². The van der Waals surface area contributed by atoms with Crippen LogP contribution in [0.1, 0.15) is 13.8 Å². The van der Waals surface area contributed by atoms with Gasteiger partial charge in [0.15, 0.2) is 22.7 Å². The number of thioether (sulfide) groups is 1. The summed E-state index contributed by atoms with van der Waals surface area (Å²) in [5.74, 6) is 0.215. The maximum Gasteiger partial charge on any atom is 0.187 e. The van der Waals surface area contributed by atoms with Crippen LogP contribution < -0.4 is 4.74 Å². The molecule has 8 nitrogen and oxygen atoms in total. The van der Waals surface area contributed by atoms with E-state index in [0.717, 1.165) is 17.4 Å². The Kier molecular flexibility index (Phi) is 4.75. The van der Waals surface area contributed by atoms with Crippen LogP contribution in [0.4, 0.5) is 0 Å². The maximum atomic E-state index is 11.7. The Morgan fingerprint density at radius 2 is 1.96 bits per heavy atom. The van der Waals surface area contributed by atoms with E-state index < -0.39 is 5.25 Å². The lowest BCUT2D eigenvalue weighted by Gasteiger charge is -2.09. The summed E-state index contributed by atoms with van der Waals surface area (Å²) in [6.07, 6.45) is 1.36. The highest BCUT2D eigenvalue weighted by molar-refractivity contribution is 8.01. The van der Waals surface area contributed by atoms with Crippen molar-refractivity contribution in [3.05, 3.63) is 30.6 Å². The molecule has 0 spiro atoms. The van der Waals surface area contributed by atoms with Crippen LogP contribution in [-0.2, 0) is 9.59 Å². The second-order valence-electron chi connectivity index (χ2n) is 5.27. The van der Waals surface area contributed by atoms with Gasteiger partial charge in [-0.25, -0.2) is 9.97 Å². The van der Waals surface area contributed by atoms with Gasteiger partial charge in [-0.05, 0) is 26.0 Å². The second-order valence-corrected chi connectivity index (χ2v) is 6.37. The first-order valence-electron chi connectivity index (χ1n) is 7.39. The number of hydrogen-bond donors (Lipinski definition) is 0. The number of methoxy groups -OCH3 is 1. The highest BCUT2D eigenvalue weighted by Crippen LogP contribution is 2.28. The fourth-order valence-electron chi connectivity index (χ4n) is 2.29. The number of nitrogens with zero attached hydrogens (tertiary/aromatic N) is 5. The maximum absolute atomic E-state index is 11.7. The molecular formula is C16H15N5O3S. The molecular weight excluding hydrogens is 342 g/mol. The van der Waals surface area contributed by atoms with Gasteiger partial charge in [0.05, 0.1) is 12.8 Å². The topological polar surface area (TPSA) is 99.9 Å². The predicted molar refractivity (Wildman–Crippen MR) is 92.0 cm³/mol. The summed E-state index contributed by atoms with van der Waals surface area (Å²) in [6, 6.07) is 7.31. The van der Waals surface area contributed by atoms with Crippen molar-refractivity contribution in [2.45, 2.75) is 24.1 Å². The molecule has 0 aliphatic carbocycles. The second kappa shape index (κ2) is 6.98. The van der Waals surface area contributed by atoms with E-state index in [1.807, 2.05) is 18.2 Å². The zero-order valence-corrected chi connectivity index (χ0v) is 14.6. The summed E-state index contributed by atoms with van der Waals surface area (Å²) in [7, 11) is 1.58. The summed E-state index contributed by atoms with van der Waals surface area (Å²) in [5.41, 5.74) is 1.64. The molecule has 25 heavy (non-hydrogen) atoms. The minimum atomic E-state index is -0.819. The highest BCUT2D eigenvalue weighted by Gasteiger charge is 2.24. The van der Waals surface area contributed by atoms with Crippen LogP contribution in [0.2, 0.25) is 0 Å². The largest absolute Gasteiger partial charge is 0.497 e. The highest BCUT2D eigenvalue weighted by atomic mass is 32.2. The van der Waals surface area contributed by atoms with Crippen molar-refractivity contribution in [2.24, 2.45) is 0 Å². The molecule has 0 amide bonds. The molecule has 0 radical (unpaired) electrons. The van der Waals surface area contributed by atoms with Crippen LogP contribution in [0, 0.1) is 0 Å². The fraction of sp³-hybridized carbons (Fsp3) is 0.250. The molecule has 3 rings (SSSR count). The SMILES string of the molecule is COc1cccc(-n2nnc3c(SC(C(C)=O)C(C)=O)ncnc32)c1. The van der Waals surface area contributed by atoms with E-state index in [2.05, 4.69) is 20.3 Å². The number of rotatable bonds is 6. The van der Waals surface area contributed by atoms with Crippen LogP contribution in [0.3, 0.4) is 0 Å². The minimum Gasteiger partial charge on any atom is -0.497 e. The predicted octanol–water partition coefficient (Wildman–Crippen LogP) is 1.86. The molecule has 0 saturated carbocycles. The number of benzene rings is 1. The number of aromatic nitrogens is 5. The van der Waals surface area contributed by atoms with E-state index in [1.165, 1.54) is 20.2 Å². The van der Waals surface area contributed by atoms with E-state index in [-0.39, 0.29) is 11.6 Å². The summed E-state index contributed by atoms with van der Waals surface area (Å²) in [4.78, 5) is 31.8. The van der Waals surface area contributed by atoms with Crippen LogP contribution in [0.5, 0.6) is 5.75 Å². The van der Waals surface area contributed by atoms with Crippen LogP contribution in [0.15, 0.2) is 35.6 Å². The van der Waals surface area contributed by atoms with E-state index in [9.17, 15) is 9.59 Å². The number of fused-ring (bicyclic) bond motifs is 1. The zero-order chi connectivity index (χ0) is 18.0. The average Bonchev–Trinajstić information content (AvgIpc) is 3.04. The van der Waals surface area contributed by atoms with Crippen molar-refractivity contribution in [1.82, 2.24) is 25.0 Å². The standard InChI is InChI=1S/C16H15N5O3S/c1-9(22)14(10(2)23)25-16-13-15(17-8-18-16)21(20-19-13)11-5-4-6-12(7-11)24-3/h4-8,14H,1-3H3. The van der Waals surface area contributed by atoms with Crippen molar-refractivity contribution >= 4 is 34.5 Å². The van der Waals surface area contributed by atoms with Gasteiger partial charge in [0.1, 0.15) is 22.4 Å². The van der Waals surface area contributed by atoms with Gasteiger partial charge in [-0.1, -0.05) is 23.0 Å². The van der Waals surface area contributed by atoms with Crippen molar-refractivity contribution in [1.29, 1.82) is 0 Å². The van der Waals surface area contributed by atoms with Crippen molar-refractivity contribution in [3.63, 3.8) is 0 Å². The van der Waals surface area contributed by atoms with Crippen LogP contribution in [0.25, 0.3) is 16.9 Å². The molecule has 0 bridgehead atoms. The van der Waals surface area contributed by atoms with Crippen molar-refractivity contribution in [2.75, 3.05) is 7.11 Å². The molecule has 0 fully saturated rings. The number of carbonyl (C=O) groups excluding carboxylic acids is 2. The first kappa shape index (κ1) is 17.0.